The van der Waals surface area contributed by atoms with Crippen molar-refractivity contribution in [2.45, 2.75) is 0 Å². The highest BCUT2D eigenvalue weighted by atomic mass is 79.9. The molecule has 0 aromatic heterocycles. The Kier molecular flexibility index (Phi) is 2.37. The molecular weight excluding hydrogens is 201 g/mol. The van der Waals surface area contributed by atoms with Crippen LogP contribution in [0.2, 0.25) is 5.02 Å². The van der Waals surface area contributed by atoms with Crippen molar-refractivity contribution in [2.24, 2.45) is 0 Å². The first-order valence-electron chi connectivity index (χ1n) is 2.46. The van der Waals surface area contributed by atoms with Crippen LogP contribution in [0.15, 0.2) is 24.3 Å². The quantitative estimate of drug-likeness (QED) is 0.697. The zero-order valence-corrected chi connectivity index (χ0v) is 6.91. The smallest absolute Gasteiger partial charge is 0.0645 e. The molecule has 1 aromatic carbocycles. The number of benzene rings is 1. The topological polar surface area (TPSA) is 12.0 Å². The molecule has 1 rings (SSSR count). The number of para-hydroxylation sites is 1. The molecule has 1 N–H and O–H groups in total. The van der Waals surface area contributed by atoms with Crippen LogP contribution < -0.4 is 4.34 Å². The molecule has 1 nitrogen and oxygen atoms in total. The van der Waals surface area contributed by atoms with Crippen LogP contribution in [0.25, 0.3) is 0 Å². The van der Waals surface area contributed by atoms with E-state index in [1.807, 2.05) is 24.3 Å². The molecule has 0 saturated heterocycles. The second-order valence-corrected chi connectivity index (χ2v) is 2.38. The third-order valence-electron chi connectivity index (χ3n) is 0.976. The molecule has 0 aliphatic carbocycles. The van der Waals surface area contributed by atoms with Gasteiger partial charge in [0, 0.05) is 16.1 Å². The van der Waals surface area contributed by atoms with Gasteiger partial charge in [0.15, 0.2) is 0 Å². The van der Waals surface area contributed by atoms with Gasteiger partial charge in [0.1, 0.15) is 0 Å². The molecule has 3 heteroatoms. The molecular formula is C6H5BrClN. The Balaban J connectivity index is 3.01. The average molecular weight is 206 g/mol. The van der Waals surface area contributed by atoms with Crippen LogP contribution in [-0.4, -0.2) is 0 Å². The van der Waals surface area contributed by atoms with Gasteiger partial charge in [-0.3, -0.25) is 0 Å². The first-order valence-corrected chi connectivity index (χ1v) is 3.63. The molecule has 0 aliphatic rings. The summed E-state index contributed by atoms with van der Waals surface area (Å²) in [7, 11) is 0. The molecule has 1 aromatic rings. The summed E-state index contributed by atoms with van der Waals surface area (Å²) in [6.45, 7) is 0. The maximum atomic E-state index is 5.73. The first kappa shape index (κ1) is 6.90. The van der Waals surface area contributed by atoms with E-state index in [0.717, 1.165) is 10.7 Å². The Morgan fingerprint density at radius 3 is 2.44 bits per heavy atom. The van der Waals surface area contributed by atoms with Gasteiger partial charge in [0.2, 0.25) is 0 Å². The Morgan fingerprint density at radius 2 is 2.00 bits per heavy atom. The lowest BCUT2D eigenvalue weighted by molar-refractivity contribution is 1.69. The van der Waals surface area contributed by atoms with E-state index in [1.54, 1.807) is 0 Å². The Labute approximate surface area is 67.4 Å². The fraction of sp³-hybridized carbons (Fsp3) is 0. The molecule has 0 fully saturated rings. The summed E-state index contributed by atoms with van der Waals surface area (Å²) >= 11 is 8.81. The SMILES string of the molecule is Clc1ccccc1NBr. The minimum absolute atomic E-state index is 0.717. The third-order valence-corrected chi connectivity index (χ3v) is 1.73. The van der Waals surface area contributed by atoms with Gasteiger partial charge >= 0.3 is 0 Å². The minimum Gasteiger partial charge on any atom is -0.321 e. The lowest BCUT2D eigenvalue weighted by Gasteiger charge is -1.97. The molecule has 0 bridgehead atoms. The van der Waals surface area contributed by atoms with Crippen LogP contribution in [0.3, 0.4) is 0 Å². The second kappa shape index (κ2) is 3.08. The van der Waals surface area contributed by atoms with Crippen LogP contribution in [-0.2, 0) is 0 Å². The van der Waals surface area contributed by atoms with Crippen molar-refractivity contribution < 1.29 is 0 Å². The number of hydrogen-bond donors (Lipinski definition) is 1. The maximum Gasteiger partial charge on any atom is 0.0645 e. The fourth-order valence-corrected chi connectivity index (χ4v) is 1.18. The van der Waals surface area contributed by atoms with Crippen molar-refractivity contribution in [1.29, 1.82) is 0 Å². The van der Waals surface area contributed by atoms with Gasteiger partial charge in [-0.2, -0.15) is 0 Å². The van der Waals surface area contributed by atoms with E-state index in [1.165, 1.54) is 0 Å². The van der Waals surface area contributed by atoms with E-state index in [-0.39, 0.29) is 0 Å². The van der Waals surface area contributed by atoms with Gasteiger partial charge in [-0.15, -0.1) is 0 Å². The summed E-state index contributed by atoms with van der Waals surface area (Å²) < 4.78 is 2.78. The number of halogens is 2. The molecule has 0 amide bonds. The van der Waals surface area contributed by atoms with Crippen LogP contribution >= 0.6 is 27.7 Å². The highest BCUT2D eigenvalue weighted by Gasteiger charge is 1.92. The molecule has 0 heterocycles. The highest BCUT2D eigenvalue weighted by molar-refractivity contribution is 9.10. The highest BCUT2D eigenvalue weighted by Crippen LogP contribution is 2.20. The number of rotatable bonds is 1. The van der Waals surface area contributed by atoms with Crippen molar-refractivity contribution in [3.63, 3.8) is 0 Å². The van der Waals surface area contributed by atoms with Gasteiger partial charge in [-0.05, 0) is 12.1 Å². The van der Waals surface area contributed by atoms with Gasteiger partial charge in [0.25, 0.3) is 0 Å². The number of nitrogens with one attached hydrogen (secondary N) is 1. The fourth-order valence-electron chi connectivity index (χ4n) is 0.538. The van der Waals surface area contributed by atoms with E-state index >= 15 is 0 Å². The Hall–Kier alpha value is -0.210. The molecule has 0 atom stereocenters. The third kappa shape index (κ3) is 1.60. The van der Waals surface area contributed by atoms with Crippen LogP contribution in [0.5, 0.6) is 0 Å². The van der Waals surface area contributed by atoms with Crippen molar-refractivity contribution in [1.82, 2.24) is 0 Å². The summed E-state index contributed by atoms with van der Waals surface area (Å²) in [5.41, 5.74) is 0.888. The van der Waals surface area contributed by atoms with Gasteiger partial charge in [0.05, 0.1) is 10.7 Å². The summed E-state index contributed by atoms with van der Waals surface area (Å²) in [6, 6.07) is 7.51. The summed E-state index contributed by atoms with van der Waals surface area (Å²) in [5.74, 6) is 0. The van der Waals surface area contributed by atoms with Crippen molar-refractivity contribution in [3.05, 3.63) is 29.3 Å². The van der Waals surface area contributed by atoms with Crippen LogP contribution in [0.4, 0.5) is 5.69 Å². The summed E-state index contributed by atoms with van der Waals surface area (Å²) in [4.78, 5) is 0. The zero-order chi connectivity index (χ0) is 6.69. The maximum absolute atomic E-state index is 5.73. The molecule has 48 valence electrons. The molecule has 0 aliphatic heterocycles. The molecule has 9 heavy (non-hydrogen) atoms. The van der Waals surface area contributed by atoms with Gasteiger partial charge < -0.3 is 4.34 Å². The van der Waals surface area contributed by atoms with E-state index in [0.29, 0.717) is 0 Å². The summed E-state index contributed by atoms with van der Waals surface area (Å²) in [6.07, 6.45) is 0. The second-order valence-electron chi connectivity index (χ2n) is 1.57. The first-order chi connectivity index (χ1) is 4.34. The predicted molar refractivity (Wildman–Crippen MR) is 44.0 cm³/mol. The largest absolute Gasteiger partial charge is 0.321 e. The van der Waals surface area contributed by atoms with Crippen molar-refractivity contribution in [2.75, 3.05) is 4.34 Å². The lowest BCUT2D eigenvalue weighted by atomic mass is 10.3. The average Bonchev–Trinajstić information content (AvgIpc) is 1.89. The molecule has 0 saturated carbocycles. The molecule has 0 spiro atoms. The van der Waals surface area contributed by atoms with Crippen LogP contribution in [0, 0.1) is 0 Å². The van der Waals surface area contributed by atoms with Crippen molar-refractivity contribution in [3.8, 4) is 0 Å². The monoisotopic (exact) mass is 205 g/mol. The number of anilines is 1. The molecule has 0 unspecified atom stereocenters. The van der Waals surface area contributed by atoms with Gasteiger partial charge in [-0.25, -0.2) is 0 Å². The lowest BCUT2D eigenvalue weighted by Crippen LogP contribution is -1.77. The van der Waals surface area contributed by atoms with E-state index in [2.05, 4.69) is 20.5 Å². The van der Waals surface area contributed by atoms with E-state index in [9.17, 15) is 0 Å². The Morgan fingerprint density at radius 1 is 1.33 bits per heavy atom. The zero-order valence-electron chi connectivity index (χ0n) is 4.57. The van der Waals surface area contributed by atoms with Gasteiger partial charge in [-0.1, -0.05) is 23.7 Å². The minimum atomic E-state index is 0.717. The predicted octanol–water partition coefficient (Wildman–Crippen LogP) is 3.06. The molecule has 0 radical (unpaired) electrons. The summed E-state index contributed by atoms with van der Waals surface area (Å²) in [5, 5.41) is 0.717. The van der Waals surface area contributed by atoms with Crippen molar-refractivity contribution >= 4 is 33.4 Å². The normalized spacial score (nSPS) is 9.11. The number of hydrogen-bond acceptors (Lipinski definition) is 1. The Bertz CT molecular complexity index is 202. The standard InChI is InChI=1S/C6H5BrClN/c7-9-6-4-2-1-3-5(6)8/h1-4,9H. The van der Waals surface area contributed by atoms with E-state index in [4.69, 9.17) is 11.6 Å². The van der Waals surface area contributed by atoms with E-state index < -0.39 is 0 Å². The van der Waals surface area contributed by atoms with Crippen LogP contribution in [0.1, 0.15) is 0 Å².